The molecule has 0 radical (unpaired) electrons. The predicted octanol–water partition coefficient (Wildman–Crippen LogP) is 2.84. The van der Waals surface area contributed by atoms with E-state index in [1.165, 1.54) is 23.5 Å². The van der Waals surface area contributed by atoms with Gasteiger partial charge in [-0.2, -0.15) is 4.31 Å². The second-order valence-electron chi connectivity index (χ2n) is 7.64. The molecule has 1 fully saturated rings. The molecular weight excluding hydrogens is 414 g/mol. The van der Waals surface area contributed by atoms with Gasteiger partial charge in [0, 0.05) is 44.3 Å². The van der Waals surface area contributed by atoms with Crippen LogP contribution in [0.1, 0.15) is 21.5 Å². The summed E-state index contributed by atoms with van der Waals surface area (Å²) in [7, 11) is -2.33. The van der Waals surface area contributed by atoms with E-state index >= 15 is 0 Å². The Bertz CT molecular complexity index is 1210. The normalized spacial score (nSPS) is 15.8. The number of methoxy groups -OCH3 is 1. The van der Waals surface area contributed by atoms with Gasteiger partial charge in [-0.25, -0.2) is 13.2 Å². The minimum absolute atomic E-state index is 0.229. The van der Waals surface area contributed by atoms with Crippen LogP contribution in [0.3, 0.4) is 0 Å². The molecule has 0 unspecified atom stereocenters. The zero-order valence-electron chi connectivity index (χ0n) is 17.6. The number of hydrogen-bond donors (Lipinski definition) is 0. The molecule has 4 rings (SSSR count). The monoisotopic (exact) mass is 439 g/mol. The Morgan fingerprint density at radius 3 is 2.52 bits per heavy atom. The Kier molecular flexibility index (Phi) is 6.04. The number of ether oxygens (including phenoxy) is 1. The highest BCUT2D eigenvalue weighted by molar-refractivity contribution is 7.89. The van der Waals surface area contributed by atoms with E-state index in [1.54, 1.807) is 19.2 Å². The van der Waals surface area contributed by atoms with E-state index in [1.807, 2.05) is 24.3 Å². The molecule has 1 saturated heterocycles. The van der Waals surface area contributed by atoms with Crippen molar-refractivity contribution in [3.8, 4) is 0 Å². The Labute approximate surface area is 182 Å². The summed E-state index contributed by atoms with van der Waals surface area (Å²) in [6.07, 6.45) is 1.80. The van der Waals surface area contributed by atoms with E-state index < -0.39 is 16.0 Å². The quantitative estimate of drug-likeness (QED) is 0.569. The summed E-state index contributed by atoms with van der Waals surface area (Å²) in [6.45, 7) is 4.54. The van der Waals surface area contributed by atoms with Crippen molar-refractivity contribution in [3.63, 3.8) is 0 Å². The minimum Gasteiger partial charge on any atom is -0.465 e. The molecule has 0 atom stereocenters. The molecule has 1 aromatic heterocycles. The maximum absolute atomic E-state index is 13.2. The van der Waals surface area contributed by atoms with Gasteiger partial charge in [0.25, 0.3) is 0 Å². The van der Waals surface area contributed by atoms with Gasteiger partial charge in [0.2, 0.25) is 10.0 Å². The van der Waals surface area contributed by atoms with Crippen LogP contribution >= 0.6 is 0 Å². The molecule has 0 amide bonds. The molecule has 0 aliphatic carbocycles. The molecule has 162 valence electrons. The van der Waals surface area contributed by atoms with Gasteiger partial charge in [0.1, 0.15) is 0 Å². The van der Waals surface area contributed by atoms with E-state index in [0.29, 0.717) is 37.3 Å². The molecule has 0 saturated carbocycles. The maximum atomic E-state index is 13.2. The number of fused-ring (bicyclic) bond motifs is 1. The lowest BCUT2D eigenvalue weighted by Gasteiger charge is -2.34. The molecule has 0 bridgehead atoms. The van der Waals surface area contributed by atoms with Crippen LogP contribution in [0.15, 0.2) is 59.6 Å². The number of pyridine rings is 1. The van der Waals surface area contributed by atoms with Crippen LogP contribution in [-0.4, -0.2) is 61.9 Å². The van der Waals surface area contributed by atoms with Gasteiger partial charge in [0.15, 0.2) is 0 Å². The zero-order valence-corrected chi connectivity index (χ0v) is 18.4. The van der Waals surface area contributed by atoms with Crippen molar-refractivity contribution in [2.75, 3.05) is 33.3 Å². The predicted molar refractivity (Wildman–Crippen MR) is 118 cm³/mol. The molecule has 0 spiro atoms. The van der Waals surface area contributed by atoms with Crippen molar-refractivity contribution >= 4 is 26.9 Å². The first-order valence-corrected chi connectivity index (χ1v) is 11.6. The fourth-order valence-corrected chi connectivity index (χ4v) is 5.61. The van der Waals surface area contributed by atoms with Crippen LogP contribution in [0.2, 0.25) is 0 Å². The van der Waals surface area contributed by atoms with Crippen LogP contribution in [0.25, 0.3) is 10.9 Å². The van der Waals surface area contributed by atoms with Gasteiger partial charge >= 0.3 is 5.97 Å². The van der Waals surface area contributed by atoms with Crippen LogP contribution < -0.4 is 0 Å². The summed E-state index contributed by atoms with van der Waals surface area (Å²) in [5.41, 5.74) is 3.00. The second kappa shape index (κ2) is 8.74. The highest BCUT2D eigenvalue weighted by atomic mass is 32.2. The molecule has 8 heteroatoms. The van der Waals surface area contributed by atoms with Crippen LogP contribution in [-0.2, 0) is 21.3 Å². The molecule has 0 N–H and O–H groups in total. The Morgan fingerprint density at radius 2 is 1.81 bits per heavy atom. The van der Waals surface area contributed by atoms with Gasteiger partial charge in [0.05, 0.1) is 23.1 Å². The first-order valence-electron chi connectivity index (χ1n) is 10.1. The molecule has 7 nitrogen and oxygen atoms in total. The van der Waals surface area contributed by atoms with Crippen molar-refractivity contribution in [1.82, 2.24) is 14.2 Å². The lowest BCUT2D eigenvalue weighted by Crippen LogP contribution is -2.48. The Balaban J connectivity index is 1.46. The maximum Gasteiger partial charge on any atom is 0.337 e. The molecule has 1 aliphatic heterocycles. The first-order chi connectivity index (χ1) is 14.9. The van der Waals surface area contributed by atoms with Gasteiger partial charge in [-0.15, -0.1) is 0 Å². The third kappa shape index (κ3) is 4.32. The fraction of sp³-hybridized carbons (Fsp3) is 0.304. The number of hydrogen-bond acceptors (Lipinski definition) is 6. The average molecular weight is 440 g/mol. The average Bonchev–Trinajstić information content (AvgIpc) is 2.79. The number of aromatic nitrogens is 1. The third-order valence-corrected chi connectivity index (χ3v) is 7.71. The first kappa shape index (κ1) is 21.4. The van der Waals surface area contributed by atoms with Crippen LogP contribution in [0.5, 0.6) is 0 Å². The number of nitrogens with zero attached hydrogens (tertiary/aromatic N) is 3. The number of esters is 1. The van der Waals surface area contributed by atoms with E-state index in [2.05, 4.69) is 16.0 Å². The summed E-state index contributed by atoms with van der Waals surface area (Å²) in [6, 6.07) is 14.7. The number of aryl methyl sites for hydroxylation is 1. The summed E-state index contributed by atoms with van der Waals surface area (Å²) in [4.78, 5) is 18.7. The van der Waals surface area contributed by atoms with Crippen molar-refractivity contribution in [3.05, 3.63) is 71.4 Å². The van der Waals surface area contributed by atoms with E-state index in [0.717, 1.165) is 23.0 Å². The number of para-hydroxylation sites is 1. The van der Waals surface area contributed by atoms with Gasteiger partial charge < -0.3 is 4.74 Å². The number of carbonyl (C=O) groups is 1. The minimum atomic E-state index is -3.63. The van der Waals surface area contributed by atoms with E-state index in [9.17, 15) is 13.2 Å². The van der Waals surface area contributed by atoms with Crippen molar-refractivity contribution in [1.29, 1.82) is 0 Å². The third-order valence-electron chi connectivity index (χ3n) is 5.66. The van der Waals surface area contributed by atoms with Gasteiger partial charge in [-0.3, -0.25) is 9.88 Å². The van der Waals surface area contributed by atoms with Gasteiger partial charge in [-0.1, -0.05) is 24.3 Å². The molecule has 2 heterocycles. The fourth-order valence-electron chi connectivity index (χ4n) is 3.99. The number of benzene rings is 2. The van der Waals surface area contributed by atoms with Crippen LogP contribution in [0, 0.1) is 6.92 Å². The molecule has 1 aliphatic rings. The SMILES string of the molecule is COC(=O)c1ccc(S(=O)(=O)N2CCN(Cc3cccc4cccnc34)CC2)c(C)c1. The van der Waals surface area contributed by atoms with E-state index in [4.69, 9.17) is 4.74 Å². The summed E-state index contributed by atoms with van der Waals surface area (Å²) >= 11 is 0. The molecule has 2 aromatic carbocycles. The highest BCUT2D eigenvalue weighted by Gasteiger charge is 2.30. The molecular formula is C23H25N3O4S. The lowest BCUT2D eigenvalue weighted by molar-refractivity contribution is 0.0600. The summed E-state index contributed by atoms with van der Waals surface area (Å²) in [5.74, 6) is -0.483. The standard InChI is InChI=1S/C23H25N3O4S/c1-17-15-19(23(27)30-2)8-9-21(17)31(28,29)26-13-11-25(12-14-26)16-20-6-3-5-18-7-4-10-24-22(18)20/h3-10,15H,11-14,16H2,1-2H3. The van der Waals surface area contributed by atoms with Crippen LogP contribution in [0.4, 0.5) is 0 Å². The smallest absolute Gasteiger partial charge is 0.337 e. The lowest BCUT2D eigenvalue weighted by atomic mass is 10.1. The van der Waals surface area contributed by atoms with Crippen molar-refractivity contribution in [2.24, 2.45) is 0 Å². The second-order valence-corrected chi connectivity index (χ2v) is 9.55. The topological polar surface area (TPSA) is 79.8 Å². The number of piperazine rings is 1. The van der Waals surface area contributed by atoms with Crippen molar-refractivity contribution < 1.29 is 17.9 Å². The zero-order chi connectivity index (χ0) is 22.0. The Hall–Kier alpha value is -2.81. The highest BCUT2D eigenvalue weighted by Crippen LogP contribution is 2.24. The molecule has 3 aromatic rings. The Morgan fingerprint density at radius 1 is 1.06 bits per heavy atom. The van der Waals surface area contributed by atoms with Crippen molar-refractivity contribution in [2.45, 2.75) is 18.4 Å². The largest absolute Gasteiger partial charge is 0.465 e. The molecule has 31 heavy (non-hydrogen) atoms. The number of carbonyl (C=O) groups excluding carboxylic acids is 1. The summed E-state index contributed by atoms with van der Waals surface area (Å²) in [5, 5.41) is 1.10. The summed E-state index contributed by atoms with van der Waals surface area (Å²) < 4.78 is 32.6. The van der Waals surface area contributed by atoms with Gasteiger partial charge in [-0.05, 0) is 42.3 Å². The van der Waals surface area contributed by atoms with E-state index in [-0.39, 0.29) is 4.90 Å². The number of sulfonamides is 1. The number of rotatable bonds is 5.